The van der Waals surface area contributed by atoms with Crippen LogP contribution in [0.25, 0.3) is 0 Å². The summed E-state index contributed by atoms with van der Waals surface area (Å²) in [6.45, 7) is 0. The molecule has 0 aliphatic carbocycles. The van der Waals surface area contributed by atoms with Crippen LogP contribution in [0.5, 0.6) is 0 Å². The first kappa shape index (κ1) is 23.3. The summed E-state index contributed by atoms with van der Waals surface area (Å²) >= 11 is 6.09. The molecule has 0 unspecified atom stereocenters. The lowest BCUT2D eigenvalue weighted by molar-refractivity contribution is -0.142. The van der Waals surface area contributed by atoms with E-state index in [1.165, 1.54) is 0 Å². The molecule has 34 heavy (non-hydrogen) atoms. The minimum atomic E-state index is -1.24. The molecule has 0 saturated carbocycles. The first-order valence-electron chi connectivity index (χ1n) is 11.0. The highest BCUT2D eigenvalue weighted by molar-refractivity contribution is 6.30. The van der Waals surface area contributed by atoms with Crippen LogP contribution < -0.4 is 5.32 Å². The number of aliphatic carboxylic acids is 1. The summed E-state index contributed by atoms with van der Waals surface area (Å²) < 4.78 is 0. The van der Waals surface area contributed by atoms with E-state index in [2.05, 4.69) is 5.32 Å². The van der Waals surface area contributed by atoms with E-state index in [0.717, 1.165) is 22.3 Å². The minimum absolute atomic E-state index is 0.107. The van der Waals surface area contributed by atoms with Crippen LogP contribution in [0.15, 0.2) is 115 Å². The van der Waals surface area contributed by atoms with Crippen molar-refractivity contribution in [1.29, 1.82) is 0 Å². The fourth-order valence-electron chi connectivity index (χ4n) is 4.32. The SMILES string of the molecule is O=C(O)[C@H](Cc1cccc(Cl)c1)NC(=O)C(c1ccccc1)(c1ccccc1)c1ccccc1. The smallest absolute Gasteiger partial charge is 0.326 e. The van der Waals surface area contributed by atoms with Crippen LogP contribution in [0.1, 0.15) is 22.3 Å². The number of carboxylic acids is 1. The number of carbonyl (C=O) groups excluding carboxylic acids is 1. The number of hydrogen-bond acceptors (Lipinski definition) is 2. The molecule has 0 radical (unpaired) electrons. The van der Waals surface area contributed by atoms with E-state index < -0.39 is 23.3 Å². The van der Waals surface area contributed by atoms with Crippen molar-refractivity contribution in [3.63, 3.8) is 0 Å². The Bertz CT molecular complexity index is 1160. The number of hydrogen-bond donors (Lipinski definition) is 2. The molecule has 0 saturated heterocycles. The number of nitrogens with one attached hydrogen (secondary N) is 1. The van der Waals surface area contributed by atoms with E-state index in [1.807, 2.05) is 91.0 Å². The van der Waals surface area contributed by atoms with Crippen molar-refractivity contribution in [3.05, 3.63) is 143 Å². The summed E-state index contributed by atoms with van der Waals surface area (Å²) in [5.41, 5.74) is 1.72. The summed E-state index contributed by atoms with van der Waals surface area (Å²) in [5, 5.41) is 13.3. The molecular formula is C29H24ClNO3. The molecule has 4 aromatic rings. The van der Waals surface area contributed by atoms with Gasteiger partial charge in [0.2, 0.25) is 5.91 Å². The predicted octanol–water partition coefficient (Wildman–Crippen LogP) is 5.49. The average Bonchev–Trinajstić information content (AvgIpc) is 2.86. The van der Waals surface area contributed by atoms with Gasteiger partial charge in [0.1, 0.15) is 11.5 Å². The second kappa shape index (κ2) is 10.4. The zero-order valence-corrected chi connectivity index (χ0v) is 19.2. The third kappa shape index (κ3) is 4.73. The summed E-state index contributed by atoms with van der Waals surface area (Å²) in [7, 11) is 0. The normalized spacial score (nSPS) is 12.0. The second-order valence-electron chi connectivity index (χ2n) is 8.05. The van der Waals surface area contributed by atoms with E-state index in [9.17, 15) is 14.7 Å². The lowest BCUT2D eigenvalue weighted by atomic mass is 9.68. The van der Waals surface area contributed by atoms with Gasteiger partial charge in [-0.1, -0.05) is 115 Å². The molecule has 170 valence electrons. The standard InChI is InChI=1S/C29H24ClNO3/c30-25-18-10-11-21(19-25)20-26(27(32)33)31-28(34)29(22-12-4-1-5-13-22,23-14-6-2-7-15-23)24-16-8-3-9-17-24/h1-19,26H,20H2,(H,31,34)(H,32,33)/t26-/m0/s1. The predicted molar refractivity (Wildman–Crippen MR) is 134 cm³/mol. The fraction of sp³-hybridized carbons (Fsp3) is 0.103. The van der Waals surface area contributed by atoms with Crippen LogP contribution in [0.2, 0.25) is 5.02 Å². The number of amides is 1. The third-order valence-corrected chi connectivity index (χ3v) is 6.13. The maximum absolute atomic E-state index is 14.2. The fourth-order valence-corrected chi connectivity index (χ4v) is 4.54. The molecule has 0 heterocycles. The molecule has 0 aromatic heterocycles. The van der Waals surface area contributed by atoms with E-state index in [-0.39, 0.29) is 6.42 Å². The minimum Gasteiger partial charge on any atom is -0.480 e. The molecule has 0 spiro atoms. The van der Waals surface area contributed by atoms with Crippen molar-refractivity contribution in [2.24, 2.45) is 0 Å². The molecule has 2 N–H and O–H groups in total. The maximum atomic E-state index is 14.2. The van der Waals surface area contributed by atoms with Crippen molar-refractivity contribution in [2.75, 3.05) is 0 Å². The number of carboxylic acid groups (broad SMARTS) is 1. The van der Waals surface area contributed by atoms with Gasteiger partial charge in [-0.25, -0.2) is 4.79 Å². The number of rotatable bonds is 8. The van der Waals surface area contributed by atoms with Gasteiger partial charge < -0.3 is 10.4 Å². The molecule has 4 rings (SSSR count). The summed E-state index contributed by atoms with van der Waals surface area (Å²) in [5.74, 6) is -1.53. The van der Waals surface area contributed by atoms with Crippen molar-refractivity contribution >= 4 is 23.5 Å². The molecule has 0 fully saturated rings. The lowest BCUT2D eigenvalue weighted by Gasteiger charge is -2.35. The van der Waals surface area contributed by atoms with Crippen molar-refractivity contribution < 1.29 is 14.7 Å². The molecule has 4 aromatic carbocycles. The van der Waals surface area contributed by atoms with Crippen molar-refractivity contribution in [3.8, 4) is 0 Å². The Morgan fingerprint density at radius 1 is 0.735 bits per heavy atom. The van der Waals surface area contributed by atoms with E-state index in [1.54, 1.807) is 24.3 Å². The molecule has 0 aliphatic rings. The van der Waals surface area contributed by atoms with Gasteiger partial charge in [0.05, 0.1) is 0 Å². The molecule has 1 amide bonds. The molecule has 0 aliphatic heterocycles. The third-order valence-electron chi connectivity index (χ3n) is 5.89. The molecular weight excluding hydrogens is 446 g/mol. The van der Waals surface area contributed by atoms with Gasteiger partial charge in [0.25, 0.3) is 0 Å². The van der Waals surface area contributed by atoms with Gasteiger partial charge in [0, 0.05) is 11.4 Å². The van der Waals surface area contributed by atoms with Crippen LogP contribution >= 0.6 is 11.6 Å². The second-order valence-corrected chi connectivity index (χ2v) is 8.48. The summed E-state index contributed by atoms with van der Waals surface area (Å²) in [4.78, 5) is 26.5. The van der Waals surface area contributed by atoms with Crippen LogP contribution in [0, 0.1) is 0 Å². The highest BCUT2D eigenvalue weighted by atomic mass is 35.5. The van der Waals surface area contributed by atoms with Crippen molar-refractivity contribution in [1.82, 2.24) is 5.32 Å². The van der Waals surface area contributed by atoms with Gasteiger partial charge in [0.15, 0.2) is 0 Å². The lowest BCUT2D eigenvalue weighted by Crippen LogP contribution is -2.52. The number of halogens is 1. The largest absolute Gasteiger partial charge is 0.480 e. The van der Waals surface area contributed by atoms with E-state index in [0.29, 0.717) is 5.02 Å². The quantitative estimate of drug-likeness (QED) is 0.335. The Hall–Kier alpha value is -3.89. The zero-order chi connectivity index (χ0) is 24.0. The highest BCUT2D eigenvalue weighted by Gasteiger charge is 2.45. The van der Waals surface area contributed by atoms with Gasteiger partial charge in [-0.3, -0.25) is 4.79 Å². The highest BCUT2D eigenvalue weighted by Crippen LogP contribution is 2.39. The van der Waals surface area contributed by atoms with Crippen LogP contribution in [0.4, 0.5) is 0 Å². The molecule has 5 heteroatoms. The summed E-state index contributed by atoms with van der Waals surface area (Å²) in [6.07, 6.45) is 0.107. The molecule has 0 bridgehead atoms. The van der Waals surface area contributed by atoms with E-state index in [4.69, 9.17) is 11.6 Å². The summed E-state index contributed by atoms with van der Waals surface area (Å²) in [6, 6.07) is 34.2. The van der Waals surface area contributed by atoms with Crippen molar-refractivity contribution in [2.45, 2.75) is 17.9 Å². The topological polar surface area (TPSA) is 66.4 Å². The Morgan fingerprint density at radius 2 is 1.21 bits per heavy atom. The van der Waals surface area contributed by atoms with Crippen LogP contribution in [-0.2, 0) is 21.4 Å². The zero-order valence-electron chi connectivity index (χ0n) is 18.4. The monoisotopic (exact) mass is 469 g/mol. The maximum Gasteiger partial charge on any atom is 0.326 e. The number of carbonyl (C=O) groups is 2. The van der Waals surface area contributed by atoms with Gasteiger partial charge in [-0.05, 0) is 34.4 Å². The molecule has 1 atom stereocenters. The first-order chi connectivity index (χ1) is 16.5. The number of benzene rings is 4. The van der Waals surface area contributed by atoms with Crippen LogP contribution in [0.3, 0.4) is 0 Å². The Morgan fingerprint density at radius 3 is 1.62 bits per heavy atom. The average molecular weight is 470 g/mol. The van der Waals surface area contributed by atoms with Gasteiger partial charge in [-0.2, -0.15) is 0 Å². The first-order valence-corrected chi connectivity index (χ1v) is 11.3. The van der Waals surface area contributed by atoms with E-state index >= 15 is 0 Å². The Balaban J connectivity index is 1.84. The van der Waals surface area contributed by atoms with Crippen LogP contribution in [-0.4, -0.2) is 23.0 Å². The van der Waals surface area contributed by atoms with Gasteiger partial charge >= 0.3 is 5.97 Å². The Labute approximate surface area is 203 Å². The molecule has 4 nitrogen and oxygen atoms in total. The van der Waals surface area contributed by atoms with Gasteiger partial charge in [-0.15, -0.1) is 0 Å². The Kier molecular flexibility index (Phi) is 7.09.